The molecule has 3 rings (SSSR count). The first-order valence-corrected chi connectivity index (χ1v) is 7.15. The number of nitrogens with one attached hydrogen (secondary N) is 1. The van der Waals surface area contributed by atoms with Crippen molar-refractivity contribution in [3.05, 3.63) is 23.8 Å². The van der Waals surface area contributed by atoms with Crippen LogP contribution in [0.5, 0.6) is 0 Å². The topological polar surface area (TPSA) is 67.4 Å². The Morgan fingerprint density at radius 3 is 3.20 bits per heavy atom. The third kappa shape index (κ3) is 2.96. The number of aryl methyl sites for hydroxylation is 1. The predicted octanol–water partition coefficient (Wildman–Crippen LogP) is 0.378. The van der Waals surface area contributed by atoms with Gasteiger partial charge in [-0.2, -0.15) is 0 Å². The monoisotopic (exact) mass is 276 g/mol. The third-order valence-electron chi connectivity index (χ3n) is 3.97. The van der Waals surface area contributed by atoms with Crippen molar-refractivity contribution in [3.8, 4) is 0 Å². The highest BCUT2D eigenvalue weighted by atomic mass is 16.5. The van der Waals surface area contributed by atoms with E-state index < -0.39 is 0 Å². The lowest BCUT2D eigenvalue weighted by Gasteiger charge is -2.35. The lowest BCUT2D eigenvalue weighted by atomic mass is 10.2. The van der Waals surface area contributed by atoms with Crippen LogP contribution in [-0.2, 0) is 4.74 Å². The normalized spacial score (nSPS) is 26.2. The predicted molar refractivity (Wildman–Crippen MR) is 73.4 cm³/mol. The molecular formula is C14H20N4O2. The van der Waals surface area contributed by atoms with E-state index in [1.807, 2.05) is 6.92 Å². The number of aromatic nitrogens is 2. The minimum Gasteiger partial charge on any atom is -0.373 e. The summed E-state index contributed by atoms with van der Waals surface area (Å²) in [6, 6.07) is 0.588. The highest BCUT2D eigenvalue weighted by molar-refractivity contribution is 5.91. The number of amides is 1. The van der Waals surface area contributed by atoms with Gasteiger partial charge in [-0.15, -0.1) is 0 Å². The van der Waals surface area contributed by atoms with Gasteiger partial charge in [0.15, 0.2) is 0 Å². The molecule has 108 valence electrons. The Balaban J connectivity index is 1.49. The molecule has 1 aromatic heterocycles. The molecule has 0 aliphatic carbocycles. The fourth-order valence-electron chi connectivity index (χ4n) is 2.82. The van der Waals surface area contributed by atoms with E-state index in [0.29, 0.717) is 18.3 Å². The number of hydrogen-bond acceptors (Lipinski definition) is 5. The smallest absolute Gasteiger partial charge is 0.271 e. The van der Waals surface area contributed by atoms with Crippen molar-refractivity contribution in [2.75, 3.05) is 26.2 Å². The number of carbonyl (C=O) groups excluding carboxylic acids is 1. The van der Waals surface area contributed by atoms with E-state index in [2.05, 4.69) is 20.2 Å². The van der Waals surface area contributed by atoms with Gasteiger partial charge < -0.3 is 10.1 Å². The van der Waals surface area contributed by atoms with Crippen molar-refractivity contribution in [2.24, 2.45) is 0 Å². The molecule has 0 aromatic carbocycles. The van der Waals surface area contributed by atoms with Crippen LogP contribution in [-0.4, -0.2) is 59.2 Å². The van der Waals surface area contributed by atoms with Gasteiger partial charge in [-0.3, -0.25) is 14.7 Å². The fraction of sp³-hybridized carbons (Fsp3) is 0.643. The molecule has 2 aliphatic rings. The van der Waals surface area contributed by atoms with Crippen LogP contribution >= 0.6 is 0 Å². The van der Waals surface area contributed by atoms with E-state index in [1.54, 1.807) is 6.20 Å². The van der Waals surface area contributed by atoms with Crippen molar-refractivity contribution in [2.45, 2.75) is 31.9 Å². The van der Waals surface area contributed by atoms with E-state index in [1.165, 1.54) is 19.0 Å². The van der Waals surface area contributed by atoms with Crippen molar-refractivity contribution >= 4 is 5.91 Å². The van der Waals surface area contributed by atoms with Crippen molar-refractivity contribution in [1.29, 1.82) is 0 Å². The zero-order valence-electron chi connectivity index (χ0n) is 11.7. The lowest BCUT2D eigenvalue weighted by Crippen LogP contribution is -2.50. The molecule has 2 saturated heterocycles. The van der Waals surface area contributed by atoms with Gasteiger partial charge in [0.05, 0.1) is 24.6 Å². The van der Waals surface area contributed by atoms with Crippen LogP contribution < -0.4 is 5.32 Å². The Morgan fingerprint density at radius 1 is 1.50 bits per heavy atom. The van der Waals surface area contributed by atoms with Crippen LogP contribution in [0.15, 0.2) is 12.4 Å². The Kier molecular flexibility index (Phi) is 3.93. The molecule has 0 saturated carbocycles. The summed E-state index contributed by atoms with van der Waals surface area (Å²) in [4.78, 5) is 22.6. The summed E-state index contributed by atoms with van der Waals surface area (Å²) in [6.07, 6.45) is 5.67. The first-order chi connectivity index (χ1) is 9.72. The van der Waals surface area contributed by atoms with E-state index in [9.17, 15) is 4.79 Å². The molecule has 20 heavy (non-hydrogen) atoms. The first kappa shape index (κ1) is 13.5. The molecule has 0 spiro atoms. The molecule has 3 heterocycles. The van der Waals surface area contributed by atoms with E-state index in [-0.39, 0.29) is 12.0 Å². The largest absolute Gasteiger partial charge is 0.373 e. The van der Waals surface area contributed by atoms with Gasteiger partial charge in [0.2, 0.25) is 0 Å². The zero-order chi connectivity index (χ0) is 13.9. The van der Waals surface area contributed by atoms with Crippen LogP contribution in [0, 0.1) is 6.92 Å². The Hall–Kier alpha value is -1.53. The molecule has 2 fully saturated rings. The Morgan fingerprint density at radius 2 is 2.40 bits per heavy atom. The zero-order valence-corrected chi connectivity index (χ0v) is 11.7. The minimum absolute atomic E-state index is 0.0757. The summed E-state index contributed by atoms with van der Waals surface area (Å²) in [5.74, 6) is -0.190. The van der Waals surface area contributed by atoms with Crippen molar-refractivity contribution in [3.63, 3.8) is 0 Å². The maximum absolute atomic E-state index is 11.9. The van der Waals surface area contributed by atoms with Gasteiger partial charge in [-0.1, -0.05) is 0 Å². The molecule has 0 unspecified atom stereocenters. The lowest BCUT2D eigenvalue weighted by molar-refractivity contribution is -0.0462. The summed E-state index contributed by atoms with van der Waals surface area (Å²) in [5, 5.41) is 2.87. The Bertz CT molecular complexity index is 477. The van der Waals surface area contributed by atoms with Crippen LogP contribution in [0.1, 0.15) is 29.0 Å². The number of carbonyl (C=O) groups is 1. The summed E-state index contributed by atoms with van der Waals surface area (Å²) in [7, 11) is 0. The van der Waals surface area contributed by atoms with Gasteiger partial charge in [0.25, 0.3) is 5.91 Å². The van der Waals surface area contributed by atoms with Gasteiger partial charge in [-0.25, -0.2) is 4.98 Å². The number of fused-ring (bicyclic) bond motifs is 1. The number of rotatable bonds is 3. The molecule has 6 heteroatoms. The molecule has 6 nitrogen and oxygen atoms in total. The molecule has 0 bridgehead atoms. The third-order valence-corrected chi connectivity index (χ3v) is 3.97. The van der Waals surface area contributed by atoms with Crippen LogP contribution in [0.4, 0.5) is 0 Å². The standard InChI is InChI=1S/C14H20N4O2/c1-10-5-16-13(7-15-10)14(19)17-6-12-8-18-4-2-3-11(18)9-20-12/h5,7,11-12H,2-4,6,8-9H2,1H3,(H,17,19)/t11-,12+/m0/s1. The minimum atomic E-state index is -0.190. The van der Waals surface area contributed by atoms with Crippen LogP contribution in [0.25, 0.3) is 0 Å². The molecule has 2 atom stereocenters. The highest BCUT2D eigenvalue weighted by Gasteiger charge is 2.32. The molecular weight excluding hydrogens is 256 g/mol. The second-order valence-corrected chi connectivity index (χ2v) is 5.50. The summed E-state index contributed by atoms with van der Waals surface area (Å²) < 4.78 is 5.80. The van der Waals surface area contributed by atoms with Crippen LogP contribution in [0.2, 0.25) is 0 Å². The highest BCUT2D eigenvalue weighted by Crippen LogP contribution is 2.22. The Labute approximate surface area is 118 Å². The first-order valence-electron chi connectivity index (χ1n) is 7.15. The maximum atomic E-state index is 11.9. The van der Waals surface area contributed by atoms with Crippen molar-refractivity contribution in [1.82, 2.24) is 20.2 Å². The van der Waals surface area contributed by atoms with Gasteiger partial charge >= 0.3 is 0 Å². The summed E-state index contributed by atoms with van der Waals surface area (Å²) in [6.45, 7) is 5.21. The molecule has 2 aliphatic heterocycles. The molecule has 1 aromatic rings. The van der Waals surface area contributed by atoms with Gasteiger partial charge in [-0.05, 0) is 26.3 Å². The average Bonchev–Trinajstić information content (AvgIpc) is 2.93. The fourth-order valence-corrected chi connectivity index (χ4v) is 2.82. The SMILES string of the molecule is Cc1cnc(C(=O)NC[C@@H]2CN3CCC[C@H]3CO2)cn1. The number of hydrogen-bond donors (Lipinski definition) is 1. The van der Waals surface area contributed by atoms with Crippen molar-refractivity contribution < 1.29 is 9.53 Å². The van der Waals surface area contributed by atoms with Gasteiger partial charge in [0, 0.05) is 25.3 Å². The quantitative estimate of drug-likeness (QED) is 0.864. The van der Waals surface area contributed by atoms with Crippen LogP contribution in [0.3, 0.4) is 0 Å². The molecule has 1 amide bonds. The summed E-state index contributed by atoms with van der Waals surface area (Å²) in [5.41, 5.74) is 1.16. The second-order valence-electron chi connectivity index (χ2n) is 5.50. The van der Waals surface area contributed by atoms with E-state index in [4.69, 9.17) is 4.74 Å². The average molecular weight is 276 g/mol. The number of nitrogens with zero attached hydrogens (tertiary/aromatic N) is 3. The van der Waals surface area contributed by atoms with Gasteiger partial charge in [0.1, 0.15) is 5.69 Å². The molecule has 0 radical (unpaired) electrons. The molecule has 1 N–H and O–H groups in total. The van der Waals surface area contributed by atoms with E-state index in [0.717, 1.165) is 25.4 Å². The number of ether oxygens (including phenoxy) is 1. The summed E-state index contributed by atoms with van der Waals surface area (Å²) >= 11 is 0. The second kappa shape index (κ2) is 5.85. The maximum Gasteiger partial charge on any atom is 0.271 e. The number of morpholine rings is 1. The van der Waals surface area contributed by atoms with E-state index >= 15 is 0 Å².